The van der Waals surface area contributed by atoms with Gasteiger partial charge in [0.05, 0.1) is 12.1 Å². The van der Waals surface area contributed by atoms with E-state index in [-0.39, 0.29) is 19.1 Å². The van der Waals surface area contributed by atoms with Gasteiger partial charge in [0, 0.05) is 12.6 Å². The highest BCUT2D eigenvalue weighted by molar-refractivity contribution is 5.98. The number of aryl methyl sites for hydroxylation is 1. The van der Waals surface area contributed by atoms with Gasteiger partial charge in [-0.05, 0) is 19.1 Å². The highest BCUT2D eigenvalue weighted by atomic mass is 16.2. The van der Waals surface area contributed by atoms with Crippen molar-refractivity contribution in [1.29, 1.82) is 0 Å². The lowest BCUT2D eigenvalue weighted by molar-refractivity contribution is -0.118. The second kappa shape index (κ2) is 6.57. The molecule has 0 saturated carbocycles. The van der Waals surface area contributed by atoms with Gasteiger partial charge in [-0.3, -0.25) is 9.59 Å². The number of aliphatic hydroxyl groups excluding tert-OH is 1. The molecule has 0 bridgehead atoms. The quantitative estimate of drug-likeness (QED) is 0.744. The monoisotopic (exact) mass is 260 g/mol. The minimum Gasteiger partial charge on any atom is -0.384 e. The molecule has 100 valence electrons. The van der Waals surface area contributed by atoms with Crippen LogP contribution in [0.15, 0.2) is 18.2 Å². The van der Waals surface area contributed by atoms with E-state index in [9.17, 15) is 9.59 Å². The number of aliphatic hydroxyl groups is 1. The second-order valence-electron chi connectivity index (χ2n) is 4.14. The molecular weight excluding hydrogens is 244 g/mol. The van der Waals surface area contributed by atoms with Crippen LogP contribution in [0.3, 0.4) is 0 Å². The van der Waals surface area contributed by atoms with E-state index >= 15 is 0 Å². The van der Waals surface area contributed by atoms with Gasteiger partial charge in [-0.2, -0.15) is 0 Å². The molecule has 0 fully saturated rings. The standard InChI is InChI=1S/C14H16N2O3/c1-10-5-6-11(4-3-7-17)12(8-10)14(19)16(2)9-13(15)18/h5-6,8,17H,7,9H2,1-2H3,(H2,15,18). The van der Waals surface area contributed by atoms with E-state index in [0.717, 1.165) is 5.56 Å². The topological polar surface area (TPSA) is 83.6 Å². The van der Waals surface area contributed by atoms with Gasteiger partial charge < -0.3 is 15.7 Å². The van der Waals surface area contributed by atoms with Crippen LogP contribution in [-0.4, -0.2) is 42.0 Å². The van der Waals surface area contributed by atoms with Gasteiger partial charge in [-0.1, -0.05) is 23.5 Å². The van der Waals surface area contributed by atoms with Crippen molar-refractivity contribution in [3.63, 3.8) is 0 Å². The maximum Gasteiger partial charge on any atom is 0.255 e. The summed E-state index contributed by atoms with van der Waals surface area (Å²) in [5, 5.41) is 8.71. The third-order valence-electron chi connectivity index (χ3n) is 2.45. The van der Waals surface area contributed by atoms with Crippen LogP contribution in [0.2, 0.25) is 0 Å². The summed E-state index contributed by atoms with van der Waals surface area (Å²) < 4.78 is 0. The number of hydrogen-bond donors (Lipinski definition) is 2. The molecule has 1 rings (SSSR count). The zero-order valence-corrected chi connectivity index (χ0v) is 10.9. The Kier molecular flexibility index (Phi) is 5.10. The molecule has 0 atom stereocenters. The van der Waals surface area contributed by atoms with E-state index in [0.29, 0.717) is 11.1 Å². The van der Waals surface area contributed by atoms with E-state index < -0.39 is 5.91 Å². The van der Waals surface area contributed by atoms with Crippen molar-refractivity contribution in [3.05, 3.63) is 34.9 Å². The minimum absolute atomic E-state index is 0.153. The first kappa shape index (κ1) is 14.7. The molecule has 1 aromatic carbocycles. The first-order chi connectivity index (χ1) is 8.95. The molecule has 0 spiro atoms. The SMILES string of the molecule is Cc1ccc(C#CCO)c(C(=O)N(C)CC(N)=O)c1. The highest BCUT2D eigenvalue weighted by Gasteiger charge is 2.16. The summed E-state index contributed by atoms with van der Waals surface area (Å²) in [6.45, 7) is 1.42. The Balaban J connectivity index is 3.13. The summed E-state index contributed by atoms with van der Waals surface area (Å²) in [5.41, 5.74) is 6.88. The van der Waals surface area contributed by atoms with Crippen molar-refractivity contribution >= 4 is 11.8 Å². The number of hydrogen-bond acceptors (Lipinski definition) is 3. The normalized spacial score (nSPS) is 9.42. The number of nitrogens with zero attached hydrogens (tertiary/aromatic N) is 1. The fourth-order valence-corrected chi connectivity index (χ4v) is 1.59. The molecular formula is C14H16N2O3. The third kappa shape index (κ3) is 4.12. The van der Waals surface area contributed by atoms with E-state index in [2.05, 4.69) is 11.8 Å². The van der Waals surface area contributed by atoms with Crippen molar-refractivity contribution in [3.8, 4) is 11.8 Å². The number of carbonyl (C=O) groups is 2. The Morgan fingerprint density at radius 1 is 1.42 bits per heavy atom. The molecule has 5 nitrogen and oxygen atoms in total. The Morgan fingerprint density at radius 2 is 2.11 bits per heavy atom. The van der Waals surface area contributed by atoms with Crippen molar-refractivity contribution in [2.75, 3.05) is 20.2 Å². The number of nitrogens with two attached hydrogens (primary N) is 1. The number of benzene rings is 1. The Bertz CT molecular complexity index is 556. The van der Waals surface area contributed by atoms with Crippen molar-refractivity contribution in [1.82, 2.24) is 4.90 Å². The summed E-state index contributed by atoms with van der Waals surface area (Å²) in [4.78, 5) is 24.3. The van der Waals surface area contributed by atoms with Gasteiger partial charge >= 0.3 is 0 Å². The van der Waals surface area contributed by atoms with Crippen molar-refractivity contribution in [2.45, 2.75) is 6.92 Å². The van der Waals surface area contributed by atoms with E-state index in [1.165, 1.54) is 11.9 Å². The average molecular weight is 260 g/mol. The lowest BCUT2D eigenvalue weighted by Gasteiger charge is -2.16. The molecule has 19 heavy (non-hydrogen) atoms. The minimum atomic E-state index is -0.577. The first-order valence-electron chi connectivity index (χ1n) is 5.70. The zero-order valence-electron chi connectivity index (χ0n) is 10.9. The first-order valence-corrected chi connectivity index (χ1v) is 5.70. The van der Waals surface area contributed by atoms with Crippen LogP contribution in [0.5, 0.6) is 0 Å². The van der Waals surface area contributed by atoms with Crippen LogP contribution in [0.4, 0.5) is 0 Å². The van der Waals surface area contributed by atoms with E-state index in [1.807, 2.05) is 13.0 Å². The van der Waals surface area contributed by atoms with Crippen LogP contribution in [0.1, 0.15) is 21.5 Å². The summed E-state index contributed by atoms with van der Waals surface area (Å²) in [5.74, 6) is 4.31. The number of carbonyl (C=O) groups excluding carboxylic acids is 2. The van der Waals surface area contributed by atoms with Gasteiger partial charge in [0.15, 0.2) is 0 Å². The molecule has 0 unspecified atom stereocenters. The van der Waals surface area contributed by atoms with Gasteiger partial charge in [-0.25, -0.2) is 0 Å². The lowest BCUT2D eigenvalue weighted by Crippen LogP contribution is -2.35. The largest absolute Gasteiger partial charge is 0.384 e. The summed E-state index contributed by atoms with van der Waals surface area (Å²) in [7, 11) is 1.50. The predicted molar refractivity (Wildman–Crippen MR) is 71.3 cm³/mol. The van der Waals surface area contributed by atoms with Gasteiger partial charge in [0.1, 0.15) is 6.61 Å². The molecule has 0 heterocycles. The average Bonchev–Trinajstić information content (AvgIpc) is 2.35. The number of amides is 2. The second-order valence-corrected chi connectivity index (χ2v) is 4.14. The van der Waals surface area contributed by atoms with E-state index in [1.54, 1.807) is 12.1 Å². The van der Waals surface area contributed by atoms with Crippen LogP contribution < -0.4 is 5.73 Å². The molecule has 0 aliphatic rings. The number of primary amides is 1. The molecule has 0 saturated heterocycles. The summed E-state index contributed by atoms with van der Waals surface area (Å²) in [6, 6.07) is 5.23. The van der Waals surface area contributed by atoms with Gasteiger partial charge in [0.2, 0.25) is 5.91 Å². The number of likely N-dealkylation sites (N-methyl/N-ethyl adjacent to an activating group) is 1. The number of rotatable bonds is 3. The molecule has 0 aliphatic carbocycles. The zero-order chi connectivity index (χ0) is 14.4. The van der Waals surface area contributed by atoms with Gasteiger partial charge in [0.25, 0.3) is 5.91 Å². The van der Waals surface area contributed by atoms with Crippen LogP contribution in [0.25, 0.3) is 0 Å². The Morgan fingerprint density at radius 3 is 2.68 bits per heavy atom. The molecule has 5 heteroatoms. The fraction of sp³-hybridized carbons (Fsp3) is 0.286. The van der Waals surface area contributed by atoms with Gasteiger partial charge in [-0.15, -0.1) is 0 Å². The molecule has 3 N–H and O–H groups in total. The Labute approximate surface area is 112 Å². The maximum absolute atomic E-state index is 12.2. The smallest absolute Gasteiger partial charge is 0.255 e. The molecule has 0 aliphatic heterocycles. The molecule has 1 aromatic rings. The lowest BCUT2D eigenvalue weighted by atomic mass is 10.0. The molecule has 2 amide bonds. The molecule has 0 aromatic heterocycles. The highest BCUT2D eigenvalue weighted by Crippen LogP contribution is 2.13. The van der Waals surface area contributed by atoms with E-state index in [4.69, 9.17) is 10.8 Å². The summed E-state index contributed by atoms with van der Waals surface area (Å²) in [6.07, 6.45) is 0. The maximum atomic E-state index is 12.2. The predicted octanol–water partition coefficient (Wildman–Crippen LogP) is -0.104. The molecule has 0 radical (unpaired) electrons. The van der Waals surface area contributed by atoms with Crippen molar-refractivity contribution < 1.29 is 14.7 Å². The van der Waals surface area contributed by atoms with Crippen LogP contribution in [-0.2, 0) is 4.79 Å². The third-order valence-corrected chi connectivity index (χ3v) is 2.45. The Hall–Kier alpha value is -2.32. The van der Waals surface area contributed by atoms with Crippen molar-refractivity contribution in [2.24, 2.45) is 5.73 Å². The summed E-state index contributed by atoms with van der Waals surface area (Å²) >= 11 is 0. The van der Waals surface area contributed by atoms with Crippen LogP contribution >= 0.6 is 0 Å². The van der Waals surface area contributed by atoms with Crippen LogP contribution in [0, 0.1) is 18.8 Å². The fourth-order valence-electron chi connectivity index (χ4n) is 1.59.